The lowest BCUT2D eigenvalue weighted by atomic mass is 9.72. The molecule has 2 aromatic carbocycles. The predicted molar refractivity (Wildman–Crippen MR) is 155 cm³/mol. The first kappa shape index (κ1) is 27.7. The average molecular weight is 548 g/mol. The summed E-state index contributed by atoms with van der Waals surface area (Å²) in [5.41, 5.74) is 3.11. The molecule has 6 nitrogen and oxygen atoms in total. The highest BCUT2D eigenvalue weighted by Gasteiger charge is 2.32. The van der Waals surface area contributed by atoms with Gasteiger partial charge >= 0.3 is 0 Å². The maximum absolute atomic E-state index is 13.1. The first-order chi connectivity index (χ1) is 18.1. The summed E-state index contributed by atoms with van der Waals surface area (Å²) in [7, 11) is 1.58. The van der Waals surface area contributed by atoms with E-state index in [1.54, 1.807) is 42.7 Å². The average Bonchev–Trinajstić information content (AvgIpc) is 3.24. The Labute approximate surface area is 232 Å². The Morgan fingerprint density at radius 3 is 2.55 bits per heavy atom. The molecule has 0 aliphatic heterocycles. The van der Waals surface area contributed by atoms with E-state index in [9.17, 15) is 14.9 Å². The van der Waals surface area contributed by atoms with Gasteiger partial charge in [0.2, 0.25) is 5.91 Å². The van der Waals surface area contributed by atoms with Crippen LogP contribution in [0.1, 0.15) is 60.5 Å². The minimum atomic E-state index is -0.393. The molecule has 2 amide bonds. The molecule has 1 aliphatic rings. The summed E-state index contributed by atoms with van der Waals surface area (Å²) in [4.78, 5) is 27.8. The first-order valence-corrected chi connectivity index (χ1v) is 14.4. The molecule has 0 radical (unpaired) electrons. The number of hydrogen-bond donors (Lipinski definition) is 2. The Hall–Kier alpha value is -3.28. The van der Waals surface area contributed by atoms with Crippen molar-refractivity contribution in [3.05, 3.63) is 70.1 Å². The van der Waals surface area contributed by atoms with Gasteiger partial charge in [-0.2, -0.15) is 5.26 Å². The number of hydrogen-bond acceptors (Lipinski definition) is 6. The number of fused-ring (bicyclic) bond motifs is 1. The molecule has 0 saturated heterocycles. The number of methoxy groups -OCH3 is 1. The van der Waals surface area contributed by atoms with Crippen molar-refractivity contribution in [1.29, 1.82) is 5.26 Å². The molecule has 1 aromatic heterocycles. The van der Waals surface area contributed by atoms with E-state index in [1.165, 1.54) is 16.6 Å². The van der Waals surface area contributed by atoms with Gasteiger partial charge in [-0.1, -0.05) is 26.8 Å². The quantitative estimate of drug-likeness (QED) is 0.307. The van der Waals surface area contributed by atoms with Crippen LogP contribution in [-0.4, -0.2) is 24.2 Å². The summed E-state index contributed by atoms with van der Waals surface area (Å²) in [5.74, 6) is 0.881. The maximum atomic E-state index is 13.1. The van der Waals surface area contributed by atoms with Crippen LogP contribution < -0.4 is 15.4 Å². The second-order valence-corrected chi connectivity index (χ2v) is 13.1. The number of nitriles is 1. The third-order valence-electron chi connectivity index (χ3n) is 6.96. The third-order valence-corrected chi connectivity index (χ3v) is 9.23. The first-order valence-electron chi connectivity index (χ1n) is 12.7. The minimum absolute atomic E-state index is 0.148. The van der Waals surface area contributed by atoms with Gasteiger partial charge < -0.3 is 15.4 Å². The van der Waals surface area contributed by atoms with Crippen LogP contribution in [0.4, 0.5) is 10.7 Å². The lowest BCUT2D eigenvalue weighted by molar-refractivity contribution is -0.115. The molecule has 0 fully saturated rings. The Kier molecular flexibility index (Phi) is 8.49. The molecule has 0 spiro atoms. The SMILES string of the molecule is COc1ccc(C(=O)Nc2cccc(SC(C)C(=O)Nc3sc4c(c3C#N)CCC(C(C)(C)C)C4)c2)cc1. The molecule has 1 aliphatic carbocycles. The number of anilines is 2. The van der Waals surface area contributed by atoms with Crippen molar-refractivity contribution in [2.24, 2.45) is 11.3 Å². The lowest BCUT2D eigenvalue weighted by Gasteiger charge is -2.33. The van der Waals surface area contributed by atoms with Gasteiger partial charge in [0, 0.05) is 21.0 Å². The van der Waals surface area contributed by atoms with E-state index >= 15 is 0 Å². The van der Waals surface area contributed by atoms with E-state index < -0.39 is 5.25 Å². The summed E-state index contributed by atoms with van der Waals surface area (Å²) in [6, 6.07) is 16.7. The molecule has 4 rings (SSSR count). The van der Waals surface area contributed by atoms with Crippen LogP contribution in [0.15, 0.2) is 53.4 Å². The second-order valence-electron chi connectivity index (χ2n) is 10.6. The van der Waals surface area contributed by atoms with Crippen LogP contribution in [0.3, 0.4) is 0 Å². The van der Waals surface area contributed by atoms with Crippen molar-refractivity contribution in [3.63, 3.8) is 0 Å². The predicted octanol–water partition coefficient (Wildman–Crippen LogP) is 7.15. The number of thioether (sulfide) groups is 1. The summed E-state index contributed by atoms with van der Waals surface area (Å²) in [5, 5.41) is 16.0. The van der Waals surface area contributed by atoms with Crippen molar-refractivity contribution in [2.75, 3.05) is 17.7 Å². The van der Waals surface area contributed by atoms with Crippen LogP contribution in [-0.2, 0) is 17.6 Å². The Morgan fingerprint density at radius 2 is 1.89 bits per heavy atom. The van der Waals surface area contributed by atoms with E-state index in [0.29, 0.717) is 33.5 Å². The molecule has 38 heavy (non-hydrogen) atoms. The van der Waals surface area contributed by atoms with Gasteiger partial charge in [-0.3, -0.25) is 9.59 Å². The number of ether oxygens (including phenoxy) is 1. The van der Waals surface area contributed by atoms with Gasteiger partial charge in [-0.15, -0.1) is 23.1 Å². The van der Waals surface area contributed by atoms with Crippen LogP contribution in [0.5, 0.6) is 5.75 Å². The van der Waals surface area contributed by atoms with Gasteiger partial charge in [0.15, 0.2) is 0 Å². The van der Waals surface area contributed by atoms with Gasteiger partial charge in [0.05, 0.1) is 17.9 Å². The lowest BCUT2D eigenvalue weighted by Crippen LogP contribution is -2.26. The fraction of sp³-hybridized carbons (Fsp3) is 0.367. The number of rotatable bonds is 7. The van der Waals surface area contributed by atoms with E-state index in [0.717, 1.165) is 29.7 Å². The smallest absolute Gasteiger partial charge is 0.255 e. The number of benzene rings is 2. The molecule has 8 heteroatoms. The molecule has 1 heterocycles. The topological polar surface area (TPSA) is 91.2 Å². The zero-order valence-corrected chi connectivity index (χ0v) is 24.0. The molecule has 3 aromatic rings. The summed E-state index contributed by atoms with van der Waals surface area (Å²) in [6.07, 6.45) is 2.90. The van der Waals surface area contributed by atoms with Crippen LogP contribution in [0, 0.1) is 22.7 Å². The number of carbonyl (C=O) groups excluding carboxylic acids is 2. The summed E-state index contributed by atoms with van der Waals surface area (Å²) < 4.78 is 5.14. The van der Waals surface area contributed by atoms with Crippen molar-refractivity contribution in [1.82, 2.24) is 0 Å². The van der Waals surface area contributed by atoms with Crippen LogP contribution >= 0.6 is 23.1 Å². The van der Waals surface area contributed by atoms with Crippen molar-refractivity contribution < 1.29 is 14.3 Å². The fourth-order valence-electron chi connectivity index (χ4n) is 4.60. The highest BCUT2D eigenvalue weighted by atomic mass is 32.2. The van der Waals surface area contributed by atoms with Gasteiger partial charge in [-0.25, -0.2) is 0 Å². The molecule has 2 atom stereocenters. The summed E-state index contributed by atoms with van der Waals surface area (Å²) in [6.45, 7) is 8.64. The van der Waals surface area contributed by atoms with Crippen LogP contribution in [0.2, 0.25) is 0 Å². The maximum Gasteiger partial charge on any atom is 0.255 e. The second kappa shape index (κ2) is 11.6. The highest BCUT2D eigenvalue weighted by molar-refractivity contribution is 8.00. The molecular formula is C30H33N3O3S2. The Morgan fingerprint density at radius 1 is 1.16 bits per heavy atom. The normalized spacial score (nSPS) is 15.6. The number of nitrogens with one attached hydrogen (secondary N) is 2. The number of nitrogens with zero attached hydrogens (tertiary/aromatic N) is 1. The molecule has 0 bridgehead atoms. The fourth-order valence-corrected chi connectivity index (χ4v) is 6.80. The third kappa shape index (κ3) is 6.40. The molecule has 2 unspecified atom stereocenters. The van der Waals surface area contributed by atoms with E-state index in [4.69, 9.17) is 4.74 Å². The van der Waals surface area contributed by atoms with Gasteiger partial charge in [0.25, 0.3) is 5.91 Å². The van der Waals surface area contributed by atoms with Gasteiger partial charge in [0.1, 0.15) is 16.8 Å². The standard InChI is InChI=1S/C30H33N3O3S2/c1-18(27(34)33-29-25(17-31)24-14-11-20(30(2,3)4)15-26(24)38-29)37-23-8-6-7-21(16-23)32-28(35)19-9-12-22(36-5)13-10-19/h6-10,12-13,16,18,20H,11,14-15H2,1-5H3,(H,32,35)(H,33,34). The van der Waals surface area contributed by atoms with Crippen molar-refractivity contribution >= 4 is 45.6 Å². The van der Waals surface area contributed by atoms with Crippen LogP contribution in [0.25, 0.3) is 0 Å². The van der Waals surface area contributed by atoms with E-state index in [-0.39, 0.29) is 17.2 Å². The Balaban J connectivity index is 1.40. The van der Waals surface area contributed by atoms with E-state index in [1.807, 2.05) is 31.2 Å². The van der Waals surface area contributed by atoms with Crippen molar-refractivity contribution in [2.45, 2.75) is 57.1 Å². The molecule has 0 saturated carbocycles. The molecule has 2 N–H and O–H groups in total. The number of carbonyl (C=O) groups is 2. The van der Waals surface area contributed by atoms with E-state index in [2.05, 4.69) is 37.5 Å². The Bertz CT molecular complexity index is 1370. The molecule has 198 valence electrons. The minimum Gasteiger partial charge on any atom is -0.497 e. The zero-order chi connectivity index (χ0) is 27.4. The molecular weight excluding hydrogens is 514 g/mol. The zero-order valence-electron chi connectivity index (χ0n) is 22.4. The monoisotopic (exact) mass is 547 g/mol. The highest BCUT2D eigenvalue weighted by Crippen LogP contribution is 2.44. The summed E-state index contributed by atoms with van der Waals surface area (Å²) >= 11 is 2.96. The van der Waals surface area contributed by atoms with Crippen molar-refractivity contribution in [3.8, 4) is 11.8 Å². The number of thiophene rings is 1. The largest absolute Gasteiger partial charge is 0.497 e. The van der Waals surface area contributed by atoms with Gasteiger partial charge in [-0.05, 0) is 85.5 Å². The number of amides is 2.